The molecular formula is C19H26N4O. The van der Waals surface area contributed by atoms with Crippen molar-refractivity contribution in [1.29, 1.82) is 0 Å². The van der Waals surface area contributed by atoms with Crippen LogP contribution in [-0.2, 0) is 17.8 Å². The minimum absolute atomic E-state index is 0.0871. The van der Waals surface area contributed by atoms with Gasteiger partial charge in [0, 0.05) is 30.9 Å². The van der Waals surface area contributed by atoms with Crippen molar-refractivity contribution in [1.82, 2.24) is 20.4 Å². The Morgan fingerprint density at radius 2 is 2.12 bits per heavy atom. The lowest BCUT2D eigenvalue weighted by Crippen LogP contribution is -2.32. The molecular weight excluding hydrogens is 300 g/mol. The molecule has 0 aliphatic carbocycles. The molecule has 1 atom stereocenters. The fourth-order valence-corrected chi connectivity index (χ4v) is 3.38. The Bertz CT molecular complexity index is 660. The molecule has 2 N–H and O–H groups in total. The summed E-state index contributed by atoms with van der Waals surface area (Å²) in [6.45, 7) is 7.82. The average molecular weight is 326 g/mol. The molecule has 0 saturated carbocycles. The third kappa shape index (κ3) is 4.23. The molecule has 1 aliphatic rings. The second-order valence-corrected chi connectivity index (χ2v) is 6.77. The van der Waals surface area contributed by atoms with Gasteiger partial charge in [-0.05, 0) is 38.3 Å². The lowest BCUT2D eigenvalue weighted by Gasteiger charge is -2.16. The SMILES string of the molecule is Cc1n[nH]c(C)c1CC(=O)NC[C@@H]1CCN(Cc2ccccc2)C1. The van der Waals surface area contributed by atoms with Crippen LogP contribution in [0.1, 0.15) is 28.9 Å². The number of aromatic nitrogens is 2. The van der Waals surface area contributed by atoms with E-state index in [-0.39, 0.29) is 5.91 Å². The molecule has 1 fully saturated rings. The number of amides is 1. The largest absolute Gasteiger partial charge is 0.355 e. The Morgan fingerprint density at radius 3 is 2.83 bits per heavy atom. The first kappa shape index (κ1) is 16.7. The summed E-state index contributed by atoms with van der Waals surface area (Å²) in [5, 5.41) is 10.2. The fourth-order valence-electron chi connectivity index (χ4n) is 3.38. The quantitative estimate of drug-likeness (QED) is 0.855. The number of nitrogens with one attached hydrogen (secondary N) is 2. The van der Waals surface area contributed by atoms with Crippen molar-refractivity contribution in [3.8, 4) is 0 Å². The lowest BCUT2D eigenvalue weighted by atomic mass is 10.1. The number of aromatic amines is 1. The van der Waals surface area contributed by atoms with Gasteiger partial charge in [0.25, 0.3) is 0 Å². The van der Waals surface area contributed by atoms with Crippen LogP contribution < -0.4 is 5.32 Å². The molecule has 2 heterocycles. The van der Waals surface area contributed by atoms with Gasteiger partial charge in [0.1, 0.15) is 0 Å². The highest BCUT2D eigenvalue weighted by atomic mass is 16.1. The predicted molar refractivity (Wildman–Crippen MR) is 94.6 cm³/mol. The summed E-state index contributed by atoms with van der Waals surface area (Å²) < 4.78 is 0. The Hall–Kier alpha value is -2.14. The maximum Gasteiger partial charge on any atom is 0.224 e. The van der Waals surface area contributed by atoms with Crippen molar-refractivity contribution in [3.05, 3.63) is 52.8 Å². The first-order chi connectivity index (χ1) is 11.6. The molecule has 3 rings (SSSR count). The lowest BCUT2D eigenvalue weighted by molar-refractivity contribution is -0.120. The van der Waals surface area contributed by atoms with Gasteiger partial charge in [-0.15, -0.1) is 0 Å². The molecule has 5 heteroatoms. The van der Waals surface area contributed by atoms with Crippen LogP contribution in [0.15, 0.2) is 30.3 Å². The van der Waals surface area contributed by atoms with Crippen LogP contribution in [0.3, 0.4) is 0 Å². The van der Waals surface area contributed by atoms with Gasteiger partial charge in [-0.2, -0.15) is 5.10 Å². The first-order valence-corrected chi connectivity index (χ1v) is 8.65. The number of carbonyl (C=O) groups excluding carboxylic acids is 1. The summed E-state index contributed by atoms with van der Waals surface area (Å²) in [6.07, 6.45) is 1.56. The Balaban J connectivity index is 1.42. The summed E-state index contributed by atoms with van der Waals surface area (Å²) in [5.74, 6) is 0.633. The van der Waals surface area contributed by atoms with Crippen molar-refractivity contribution >= 4 is 5.91 Å². The molecule has 0 bridgehead atoms. The van der Waals surface area contributed by atoms with Crippen LogP contribution in [0.25, 0.3) is 0 Å². The molecule has 1 saturated heterocycles. The van der Waals surface area contributed by atoms with Crippen LogP contribution in [0.4, 0.5) is 0 Å². The number of hydrogen-bond donors (Lipinski definition) is 2. The molecule has 128 valence electrons. The predicted octanol–water partition coefficient (Wildman–Crippen LogP) is 2.21. The van der Waals surface area contributed by atoms with E-state index in [1.807, 2.05) is 13.8 Å². The van der Waals surface area contributed by atoms with E-state index in [2.05, 4.69) is 50.7 Å². The van der Waals surface area contributed by atoms with Crippen molar-refractivity contribution in [3.63, 3.8) is 0 Å². The molecule has 1 aromatic heterocycles. The third-order valence-electron chi connectivity index (χ3n) is 4.82. The Labute approximate surface area is 143 Å². The van der Waals surface area contributed by atoms with Crippen LogP contribution in [0, 0.1) is 19.8 Å². The molecule has 5 nitrogen and oxygen atoms in total. The van der Waals surface area contributed by atoms with Crippen LogP contribution in [0.2, 0.25) is 0 Å². The zero-order chi connectivity index (χ0) is 16.9. The number of carbonyl (C=O) groups is 1. The summed E-state index contributed by atoms with van der Waals surface area (Å²) in [7, 11) is 0. The van der Waals surface area contributed by atoms with E-state index < -0.39 is 0 Å². The second kappa shape index (κ2) is 7.62. The molecule has 2 aromatic rings. The summed E-state index contributed by atoms with van der Waals surface area (Å²) in [4.78, 5) is 14.6. The van der Waals surface area contributed by atoms with Gasteiger partial charge in [-0.1, -0.05) is 30.3 Å². The zero-order valence-electron chi connectivity index (χ0n) is 14.5. The molecule has 24 heavy (non-hydrogen) atoms. The molecule has 1 aliphatic heterocycles. The third-order valence-corrected chi connectivity index (χ3v) is 4.82. The minimum Gasteiger partial charge on any atom is -0.355 e. The molecule has 0 radical (unpaired) electrons. The van der Waals surface area contributed by atoms with Gasteiger partial charge in [0.2, 0.25) is 5.91 Å². The monoisotopic (exact) mass is 326 g/mol. The first-order valence-electron chi connectivity index (χ1n) is 8.65. The van der Waals surface area contributed by atoms with Crippen LogP contribution >= 0.6 is 0 Å². The van der Waals surface area contributed by atoms with E-state index in [4.69, 9.17) is 0 Å². The highest BCUT2D eigenvalue weighted by Crippen LogP contribution is 2.18. The number of rotatable bonds is 6. The van der Waals surface area contributed by atoms with E-state index in [1.165, 1.54) is 5.56 Å². The van der Waals surface area contributed by atoms with E-state index >= 15 is 0 Å². The number of benzene rings is 1. The summed E-state index contributed by atoms with van der Waals surface area (Å²) >= 11 is 0. The average Bonchev–Trinajstić information content (AvgIpc) is 3.15. The van der Waals surface area contributed by atoms with E-state index in [9.17, 15) is 4.79 Å². The molecule has 0 spiro atoms. The topological polar surface area (TPSA) is 61.0 Å². The number of aryl methyl sites for hydroxylation is 2. The van der Waals surface area contributed by atoms with Gasteiger partial charge >= 0.3 is 0 Å². The number of nitrogens with zero attached hydrogens (tertiary/aromatic N) is 2. The standard InChI is InChI=1S/C19H26N4O/c1-14-18(15(2)22-21-14)10-19(24)20-11-17-8-9-23(13-17)12-16-6-4-3-5-7-16/h3-7,17H,8-13H2,1-2H3,(H,20,24)(H,21,22)/t17-/m0/s1. The number of H-pyrrole nitrogens is 1. The number of hydrogen-bond acceptors (Lipinski definition) is 3. The van der Waals surface area contributed by atoms with Crippen molar-refractivity contribution in [2.75, 3.05) is 19.6 Å². The fraction of sp³-hybridized carbons (Fsp3) is 0.474. The molecule has 0 unspecified atom stereocenters. The van der Waals surface area contributed by atoms with Crippen molar-refractivity contribution < 1.29 is 4.79 Å². The Morgan fingerprint density at radius 1 is 1.33 bits per heavy atom. The van der Waals surface area contributed by atoms with E-state index in [0.717, 1.165) is 49.6 Å². The Kier molecular flexibility index (Phi) is 5.30. The van der Waals surface area contributed by atoms with Gasteiger partial charge in [-0.3, -0.25) is 14.8 Å². The number of likely N-dealkylation sites (tertiary alicyclic amines) is 1. The smallest absolute Gasteiger partial charge is 0.224 e. The maximum absolute atomic E-state index is 12.2. The highest BCUT2D eigenvalue weighted by Gasteiger charge is 2.23. The van der Waals surface area contributed by atoms with Gasteiger partial charge in [-0.25, -0.2) is 0 Å². The van der Waals surface area contributed by atoms with Gasteiger partial charge in [0.05, 0.1) is 12.1 Å². The summed E-state index contributed by atoms with van der Waals surface area (Å²) in [5.41, 5.74) is 4.27. The van der Waals surface area contributed by atoms with E-state index in [1.54, 1.807) is 0 Å². The minimum atomic E-state index is 0.0871. The summed E-state index contributed by atoms with van der Waals surface area (Å²) in [6, 6.07) is 10.6. The molecule has 1 aromatic carbocycles. The van der Waals surface area contributed by atoms with Crippen molar-refractivity contribution in [2.45, 2.75) is 33.2 Å². The molecule has 1 amide bonds. The van der Waals surface area contributed by atoms with Gasteiger partial charge < -0.3 is 5.32 Å². The highest BCUT2D eigenvalue weighted by molar-refractivity contribution is 5.79. The normalized spacial score (nSPS) is 18.0. The van der Waals surface area contributed by atoms with Crippen LogP contribution in [0.5, 0.6) is 0 Å². The maximum atomic E-state index is 12.2. The van der Waals surface area contributed by atoms with Crippen LogP contribution in [-0.4, -0.2) is 40.6 Å². The zero-order valence-corrected chi connectivity index (χ0v) is 14.5. The second-order valence-electron chi connectivity index (χ2n) is 6.77. The van der Waals surface area contributed by atoms with Crippen molar-refractivity contribution in [2.24, 2.45) is 5.92 Å². The van der Waals surface area contributed by atoms with Gasteiger partial charge in [0.15, 0.2) is 0 Å². The van der Waals surface area contributed by atoms with E-state index in [0.29, 0.717) is 12.3 Å².